The largest absolute Gasteiger partial charge is 0.339 e. The van der Waals surface area contributed by atoms with E-state index in [4.69, 9.17) is 17.4 Å². The van der Waals surface area contributed by atoms with Crippen molar-refractivity contribution in [3.05, 3.63) is 22.8 Å². The molecule has 0 saturated carbocycles. The summed E-state index contributed by atoms with van der Waals surface area (Å²) in [4.78, 5) is 18.2. The molecular weight excluding hydrogens is 264 g/mol. The van der Waals surface area contributed by atoms with Crippen LogP contribution in [-0.4, -0.2) is 28.9 Å². The van der Waals surface area contributed by atoms with E-state index < -0.39 is 0 Å². The number of anilines is 1. The average molecular weight is 283 g/mol. The Morgan fingerprint density at radius 1 is 1.47 bits per heavy atom. The zero-order valence-corrected chi connectivity index (χ0v) is 12.0. The molecule has 1 amide bonds. The van der Waals surface area contributed by atoms with Gasteiger partial charge in [-0.2, -0.15) is 0 Å². The summed E-state index contributed by atoms with van der Waals surface area (Å²) in [5, 5.41) is 0.352. The van der Waals surface area contributed by atoms with E-state index in [9.17, 15) is 4.79 Å². The Labute approximate surface area is 118 Å². The second-order valence-corrected chi connectivity index (χ2v) is 6.06. The maximum atomic E-state index is 12.3. The maximum absolute atomic E-state index is 12.3. The number of aromatic nitrogens is 1. The Kier molecular flexibility index (Phi) is 3.96. The summed E-state index contributed by atoms with van der Waals surface area (Å²) in [6, 6.07) is 1.60. The molecule has 0 radical (unpaired) electrons. The first-order chi connectivity index (χ1) is 8.93. The normalized spacial score (nSPS) is 18.2. The molecule has 0 aromatic carbocycles. The van der Waals surface area contributed by atoms with Crippen LogP contribution in [0.3, 0.4) is 0 Å². The standard InChI is InChI=1S/C13H19ClN4O/c1-13(2)3-5-18(6-4-13)12(19)9-7-10(14)11(17-15)16-8-9/h7-8H,3-6,15H2,1-2H3,(H,16,17). The second kappa shape index (κ2) is 5.35. The number of pyridine rings is 1. The monoisotopic (exact) mass is 282 g/mol. The number of nitrogens with zero attached hydrogens (tertiary/aromatic N) is 2. The number of hydrazine groups is 1. The molecule has 0 bridgehead atoms. The number of halogens is 1. The molecule has 6 heteroatoms. The van der Waals surface area contributed by atoms with Crippen LogP contribution >= 0.6 is 11.6 Å². The third kappa shape index (κ3) is 3.16. The van der Waals surface area contributed by atoms with E-state index >= 15 is 0 Å². The summed E-state index contributed by atoms with van der Waals surface area (Å²) in [5.41, 5.74) is 3.21. The summed E-state index contributed by atoms with van der Waals surface area (Å²) in [5.74, 6) is 5.61. The van der Waals surface area contributed by atoms with Crippen molar-refractivity contribution in [2.45, 2.75) is 26.7 Å². The fourth-order valence-electron chi connectivity index (χ4n) is 2.16. The number of carbonyl (C=O) groups is 1. The van der Waals surface area contributed by atoms with Crippen molar-refractivity contribution < 1.29 is 4.79 Å². The predicted molar refractivity (Wildman–Crippen MR) is 76.0 cm³/mol. The van der Waals surface area contributed by atoms with Crippen LogP contribution in [0.1, 0.15) is 37.0 Å². The number of carbonyl (C=O) groups excluding carboxylic acids is 1. The lowest BCUT2D eigenvalue weighted by Crippen LogP contribution is -2.41. The lowest BCUT2D eigenvalue weighted by atomic mass is 9.82. The summed E-state index contributed by atoms with van der Waals surface area (Å²) in [7, 11) is 0. The zero-order valence-electron chi connectivity index (χ0n) is 11.2. The molecule has 104 valence electrons. The highest BCUT2D eigenvalue weighted by Gasteiger charge is 2.28. The molecule has 0 spiro atoms. The Bertz CT molecular complexity index is 480. The van der Waals surface area contributed by atoms with Crippen molar-refractivity contribution in [2.75, 3.05) is 18.5 Å². The number of nitrogen functional groups attached to an aromatic ring is 1. The molecule has 2 rings (SSSR count). The van der Waals surface area contributed by atoms with Crippen molar-refractivity contribution in [3.63, 3.8) is 0 Å². The van der Waals surface area contributed by atoms with Gasteiger partial charge < -0.3 is 10.3 Å². The smallest absolute Gasteiger partial charge is 0.255 e. The number of piperidine rings is 1. The van der Waals surface area contributed by atoms with Crippen LogP contribution in [0, 0.1) is 5.41 Å². The van der Waals surface area contributed by atoms with Gasteiger partial charge in [-0.3, -0.25) is 4.79 Å². The highest BCUT2D eigenvalue weighted by atomic mass is 35.5. The number of nitrogens with one attached hydrogen (secondary N) is 1. The van der Waals surface area contributed by atoms with Gasteiger partial charge in [-0.25, -0.2) is 10.8 Å². The third-order valence-corrected chi connectivity index (χ3v) is 3.92. The number of amides is 1. The molecule has 1 saturated heterocycles. The minimum Gasteiger partial charge on any atom is -0.339 e. The predicted octanol–water partition coefficient (Wildman–Crippen LogP) is 2.28. The first-order valence-corrected chi connectivity index (χ1v) is 6.72. The van der Waals surface area contributed by atoms with Crippen molar-refractivity contribution in [3.8, 4) is 0 Å². The number of hydrogen-bond donors (Lipinski definition) is 2. The molecule has 19 heavy (non-hydrogen) atoms. The van der Waals surface area contributed by atoms with Crippen LogP contribution in [0.15, 0.2) is 12.3 Å². The van der Waals surface area contributed by atoms with Gasteiger partial charge in [0.2, 0.25) is 0 Å². The van der Waals surface area contributed by atoms with E-state index in [1.54, 1.807) is 6.07 Å². The lowest BCUT2D eigenvalue weighted by Gasteiger charge is -2.36. The molecule has 1 aromatic heterocycles. The highest BCUT2D eigenvalue weighted by molar-refractivity contribution is 6.33. The van der Waals surface area contributed by atoms with E-state index in [1.807, 2.05) is 4.90 Å². The Morgan fingerprint density at radius 2 is 2.11 bits per heavy atom. The van der Waals surface area contributed by atoms with E-state index in [-0.39, 0.29) is 5.91 Å². The average Bonchev–Trinajstić information content (AvgIpc) is 2.38. The van der Waals surface area contributed by atoms with Gasteiger partial charge in [-0.15, -0.1) is 0 Å². The van der Waals surface area contributed by atoms with Crippen LogP contribution in [0.25, 0.3) is 0 Å². The van der Waals surface area contributed by atoms with E-state index in [2.05, 4.69) is 24.3 Å². The van der Waals surface area contributed by atoms with Crippen LogP contribution < -0.4 is 11.3 Å². The molecule has 0 atom stereocenters. The van der Waals surface area contributed by atoms with Gasteiger partial charge in [0, 0.05) is 19.3 Å². The topological polar surface area (TPSA) is 71.2 Å². The molecule has 1 aliphatic heterocycles. The van der Waals surface area contributed by atoms with Crippen LogP contribution in [-0.2, 0) is 0 Å². The third-order valence-electron chi connectivity index (χ3n) is 3.63. The molecular formula is C13H19ClN4O. The fourth-order valence-corrected chi connectivity index (χ4v) is 2.38. The maximum Gasteiger partial charge on any atom is 0.255 e. The fraction of sp³-hybridized carbons (Fsp3) is 0.538. The van der Waals surface area contributed by atoms with Crippen LogP contribution in [0.2, 0.25) is 5.02 Å². The first-order valence-electron chi connectivity index (χ1n) is 6.34. The van der Waals surface area contributed by atoms with Gasteiger partial charge in [0.05, 0.1) is 10.6 Å². The SMILES string of the molecule is CC1(C)CCN(C(=O)c2cnc(NN)c(Cl)c2)CC1. The lowest BCUT2D eigenvalue weighted by molar-refractivity contribution is 0.0630. The number of likely N-dealkylation sites (tertiary alicyclic amines) is 1. The van der Waals surface area contributed by atoms with Gasteiger partial charge >= 0.3 is 0 Å². The number of hydrogen-bond acceptors (Lipinski definition) is 4. The Morgan fingerprint density at radius 3 is 2.63 bits per heavy atom. The Balaban J connectivity index is 2.10. The molecule has 1 aliphatic rings. The molecule has 5 nitrogen and oxygen atoms in total. The van der Waals surface area contributed by atoms with Crippen LogP contribution in [0.4, 0.5) is 5.82 Å². The molecule has 0 unspecified atom stereocenters. The van der Waals surface area contributed by atoms with Crippen molar-refractivity contribution in [2.24, 2.45) is 11.3 Å². The van der Waals surface area contributed by atoms with Gasteiger partial charge in [0.15, 0.2) is 5.82 Å². The summed E-state index contributed by atoms with van der Waals surface area (Å²) in [6.45, 7) is 6.02. The van der Waals surface area contributed by atoms with E-state index in [0.29, 0.717) is 21.8 Å². The second-order valence-electron chi connectivity index (χ2n) is 5.66. The molecule has 3 N–H and O–H groups in total. The summed E-state index contributed by atoms with van der Waals surface area (Å²) < 4.78 is 0. The molecule has 2 heterocycles. The molecule has 0 aliphatic carbocycles. The minimum absolute atomic E-state index is 0.0199. The van der Waals surface area contributed by atoms with E-state index in [0.717, 1.165) is 25.9 Å². The highest BCUT2D eigenvalue weighted by Crippen LogP contribution is 2.30. The van der Waals surface area contributed by atoms with Crippen molar-refractivity contribution in [1.29, 1.82) is 0 Å². The van der Waals surface area contributed by atoms with Crippen molar-refractivity contribution in [1.82, 2.24) is 9.88 Å². The molecule has 1 aromatic rings. The van der Waals surface area contributed by atoms with Gasteiger partial charge in [0.1, 0.15) is 0 Å². The quantitative estimate of drug-likeness (QED) is 0.645. The van der Waals surface area contributed by atoms with Gasteiger partial charge in [-0.05, 0) is 24.3 Å². The van der Waals surface area contributed by atoms with Crippen molar-refractivity contribution >= 4 is 23.3 Å². The number of rotatable bonds is 2. The Hall–Kier alpha value is -1.33. The van der Waals surface area contributed by atoms with Gasteiger partial charge in [0.25, 0.3) is 5.91 Å². The summed E-state index contributed by atoms with van der Waals surface area (Å²) in [6.07, 6.45) is 3.54. The number of nitrogens with two attached hydrogens (primary N) is 1. The van der Waals surface area contributed by atoms with Crippen LogP contribution in [0.5, 0.6) is 0 Å². The first kappa shape index (κ1) is 14.1. The summed E-state index contributed by atoms with van der Waals surface area (Å²) >= 11 is 5.98. The zero-order chi connectivity index (χ0) is 14.0. The van der Waals surface area contributed by atoms with Gasteiger partial charge in [-0.1, -0.05) is 25.4 Å². The minimum atomic E-state index is -0.0199. The van der Waals surface area contributed by atoms with E-state index in [1.165, 1.54) is 6.20 Å². The molecule has 1 fully saturated rings.